The van der Waals surface area contributed by atoms with Crippen LogP contribution in [0.1, 0.15) is 56.2 Å². The number of aromatic nitrogens is 2. The van der Waals surface area contributed by atoms with Crippen molar-refractivity contribution in [1.82, 2.24) is 9.97 Å². The number of aryl methyl sites for hydroxylation is 2. The molecule has 32 heavy (non-hydrogen) atoms. The first-order chi connectivity index (χ1) is 15.4. The standard InChI is InChI=1S/C25H25N3O4/c1-15-12-20-21(28(2)24(29)19-7-5-4-6-18(15)19)14-26-23(27-20)11-10-16-8-9-17(25(30)31)13-22(16)32-3/h4-9,13-15H,10-12H2,1-3H3,(H,30,31). The van der Waals surface area contributed by atoms with Crippen LogP contribution in [0, 0.1) is 0 Å². The van der Waals surface area contributed by atoms with Gasteiger partial charge in [-0.05, 0) is 48.1 Å². The number of carbonyl (C=O) groups excluding carboxylic acids is 1. The van der Waals surface area contributed by atoms with Crippen molar-refractivity contribution in [3.05, 3.63) is 82.4 Å². The number of carboxylic acid groups (broad SMARTS) is 1. The van der Waals surface area contributed by atoms with Gasteiger partial charge in [-0.1, -0.05) is 31.2 Å². The van der Waals surface area contributed by atoms with Gasteiger partial charge in [0.1, 0.15) is 11.6 Å². The lowest BCUT2D eigenvalue weighted by atomic mass is 9.89. The number of anilines is 1. The molecule has 0 bridgehead atoms. The fourth-order valence-corrected chi connectivity index (χ4v) is 4.15. The predicted octanol–water partition coefficient (Wildman–Crippen LogP) is 3.90. The molecular weight excluding hydrogens is 406 g/mol. The van der Waals surface area contributed by atoms with E-state index < -0.39 is 5.97 Å². The second kappa shape index (κ2) is 8.78. The molecule has 7 heteroatoms. The van der Waals surface area contributed by atoms with Gasteiger partial charge >= 0.3 is 5.97 Å². The maximum Gasteiger partial charge on any atom is 0.335 e. The van der Waals surface area contributed by atoms with Gasteiger partial charge in [-0.25, -0.2) is 14.8 Å². The van der Waals surface area contributed by atoms with E-state index in [0.717, 1.165) is 22.5 Å². The highest BCUT2D eigenvalue weighted by atomic mass is 16.5. The molecule has 1 aliphatic heterocycles. The maximum absolute atomic E-state index is 13.1. The first kappa shape index (κ1) is 21.5. The summed E-state index contributed by atoms with van der Waals surface area (Å²) in [5, 5.41) is 9.18. The van der Waals surface area contributed by atoms with Crippen molar-refractivity contribution in [3.63, 3.8) is 0 Å². The largest absolute Gasteiger partial charge is 0.496 e. The molecular formula is C25H25N3O4. The third-order valence-corrected chi connectivity index (χ3v) is 5.94. The van der Waals surface area contributed by atoms with Gasteiger partial charge in [0.05, 0.1) is 30.3 Å². The number of benzene rings is 2. The summed E-state index contributed by atoms with van der Waals surface area (Å²) in [5.41, 5.74) is 4.39. The Balaban J connectivity index is 1.60. The molecule has 1 aliphatic rings. The number of ether oxygens (including phenoxy) is 1. The van der Waals surface area contributed by atoms with E-state index in [1.165, 1.54) is 13.2 Å². The van der Waals surface area contributed by atoms with Crippen LogP contribution >= 0.6 is 0 Å². The summed E-state index contributed by atoms with van der Waals surface area (Å²) in [6.45, 7) is 2.11. The van der Waals surface area contributed by atoms with Crippen LogP contribution in [-0.4, -0.2) is 41.1 Å². The lowest BCUT2D eigenvalue weighted by Crippen LogP contribution is -2.31. The molecule has 4 rings (SSSR count). The summed E-state index contributed by atoms with van der Waals surface area (Å²) in [7, 11) is 3.28. The van der Waals surface area contributed by atoms with Crippen LogP contribution in [0.15, 0.2) is 48.7 Å². The molecule has 0 saturated heterocycles. The molecule has 7 nitrogen and oxygen atoms in total. The van der Waals surface area contributed by atoms with Gasteiger partial charge in [0, 0.05) is 19.0 Å². The monoisotopic (exact) mass is 431 g/mol. The van der Waals surface area contributed by atoms with Crippen molar-refractivity contribution in [2.24, 2.45) is 0 Å². The minimum Gasteiger partial charge on any atom is -0.496 e. The van der Waals surface area contributed by atoms with E-state index in [0.29, 0.717) is 36.4 Å². The topological polar surface area (TPSA) is 92.6 Å². The summed E-state index contributed by atoms with van der Waals surface area (Å²) in [6.07, 6.45) is 3.60. The summed E-state index contributed by atoms with van der Waals surface area (Å²) >= 11 is 0. The molecule has 1 unspecified atom stereocenters. The van der Waals surface area contributed by atoms with E-state index >= 15 is 0 Å². The number of fused-ring (bicyclic) bond motifs is 2. The van der Waals surface area contributed by atoms with E-state index in [-0.39, 0.29) is 17.4 Å². The maximum atomic E-state index is 13.1. The average molecular weight is 431 g/mol. The molecule has 2 heterocycles. The predicted molar refractivity (Wildman–Crippen MR) is 121 cm³/mol. The van der Waals surface area contributed by atoms with Gasteiger partial charge in [0.25, 0.3) is 5.91 Å². The Bertz CT molecular complexity index is 1190. The first-order valence-electron chi connectivity index (χ1n) is 10.5. The molecule has 1 amide bonds. The molecule has 0 saturated carbocycles. The van der Waals surface area contributed by atoms with Gasteiger partial charge in [-0.2, -0.15) is 0 Å². The highest BCUT2D eigenvalue weighted by Gasteiger charge is 2.27. The molecule has 1 aromatic heterocycles. The zero-order valence-electron chi connectivity index (χ0n) is 18.3. The smallest absolute Gasteiger partial charge is 0.335 e. The molecule has 2 aromatic carbocycles. The van der Waals surface area contributed by atoms with Gasteiger partial charge in [0.2, 0.25) is 0 Å². The number of carboxylic acids is 1. The summed E-state index contributed by atoms with van der Waals surface area (Å²) in [4.78, 5) is 35.2. The number of rotatable bonds is 5. The Morgan fingerprint density at radius 3 is 2.75 bits per heavy atom. The van der Waals surface area contributed by atoms with Crippen molar-refractivity contribution in [3.8, 4) is 5.75 Å². The molecule has 0 spiro atoms. The number of hydrogen-bond acceptors (Lipinski definition) is 5. The Labute approximate surface area is 186 Å². The highest BCUT2D eigenvalue weighted by Crippen LogP contribution is 2.32. The average Bonchev–Trinajstić information content (AvgIpc) is 2.81. The Hall–Kier alpha value is -3.74. The SMILES string of the molecule is COc1cc(C(=O)O)ccc1CCc1ncc2c(n1)CC(C)c1ccccc1C(=O)N2C. The van der Waals surface area contributed by atoms with Crippen molar-refractivity contribution in [1.29, 1.82) is 0 Å². The van der Waals surface area contributed by atoms with Crippen LogP contribution < -0.4 is 9.64 Å². The Morgan fingerprint density at radius 2 is 2.00 bits per heavy atom. The number of aromatic carboxylic acids is 1. The second-order valence-electron chi connectivity index (χ2n) is 8.01. The lowest BCUT2D eigenvalue weighted by Gasteiger charge is -2.27. The zero-order valence-corrected chi connectivity index (χ0v) is 18.3. The van der Waals surface area contributed by atoms with Crippen LogP contribution in [0.4, 0.5) is 5.69 Å². The number of carbonyl (C=O) groups is 2. The van der Waals surface area contributed by atoms with Crippen LogP contribution in [0.2, 0.25) is 0 Å². The molecule has 0 aliphatic carbocycles. The zero-order chi connectivity index (χ0) is 22.8. The van der Waals surface area contributed by atoms with E-state index in [4.69, 9.17) is 9.72 Å². The van der Waals surface area contributed by atoms with Crippen molar-refractivity contribution in [2.75, 3.05) is 19.1 Å². The summed E-state index contributed by atoms with van der Waals surface area (Å²) in [6, 6.07) is 12.6. The van der Waals surface area contributed by atoms with E-state index in [9.17, 15) is 14.7 Å². The Morgan fingerprint density at radius 1 is 1.22 bits per heavy atom. The number of hydrogen-bond donors (Lipinski definition) is 1. The second-order valence-corrected chi connectivity index (χ2v) is 8.01. The molecule has 0 radical (unpaired) electrons. The molecule has 1 atom stereocenters. The number of amides is 1. The number of methoxy groups -OCH3 is 1. The minimum absolute atomic E-state index is 0.0620. The highest BCUT2D eigenvalue weighted by molar-refractivity contribution is 6.07. The Kier molecular flexibility index (Phi) is 5.90. The molecule has 164 valence electrons. The fourth-order valence-electron chi connectivity index (χ4n) is 4.15. The van der Waals surface area contributed by atoms with Crippen molar-refractivity contribution >= 4 is 17.6 Å². The first-order valence-corrected chi connectivity index (χ1v) is 10.5. The third-order valence-electron chi connectivity index (χ3n) is 5.94. The van der Waals surface area contributed by atoms with Gasteiger partial charge in [0.15, 0.2) is 0 Å². The van der Waals surface area contributed by atoms with Crippen molar-refractivity contribution < 1.29 is 19.4 Å². The van der Waals surface area contributed by atoms with E-state index in [2.05, 4.69) is 11.9 Å². The van der Waals surface area contributed by atoms with E-state index in [1.807, 2.05) is 24.3 Å². The lowest BCUT2D eigenvalue weighted by molar-refractivity contribution is 0.0696. The van der Waals surface area contributed by atoms with Crippen LogP contribution in [-0.2, 0) is 19.3 Å². The van der Waals surface area contributed by atoms with E-state index in [1.54, 1.807) is 30.3 Å². The summed E-state index contributed by atoms with van der Waals surface area (Å²) in [5.74, 6) is 0.304. The van der Waals surface area contributed by atoms with Crippen molar-refractivity contribution in [2.45, 2.75) is 32.1 Å². The molecule has 0 fully saturated rings. The van der Waals surface area contributed by atoms with Crippen LogP contribution in [0.25, 0.3) is 0 Å². The fraction of sp³-hybridized carbons (Fsp3) is 0.280. The third kappa shape index (κ3) is 4.06. The summed E-state index contributed by atoms with van der Waals surface area (Å²) < 4.78 is 5.37. The quantitative estimate of drug-likeness (QED) is 0.659. The molecule has 3 aromatic rings. The van der Waals surface area contributed by atoms with Gasteiger partial charge < -0.3 is 14.7 Å². The minimum atomic E-state index is -0.991. The van der Waals surface area contributed by atoms with Gasteiger partial charge in [-0.3, -0.25) is 4.79 Å². The molecule has 1 N–H and O–H groups in total. The normalized spacial score (nSPS) is 15.4. The van der Waals surface area contributed by atoms with Gasteiger partial charge in [-0.15, -0.1) is 0 Å². The van der Waals surface area contributed by atoms with Crippen LogP contribution in [0.3, 0.4) is 0 Å². The van der Waals surface area contributed by atoms with Crippen LogP contribution in [0.5, 0.6) is 5.75 Å². The number of nitrogens with zero attached hydrogens (tertiary/aromatic N) is 3.